The highest BCUT2D eigenvalue weighted by Gasteiger charge is 2.10. The maximum absolute atomic E-state index is 5.34. The van der Waals surface area contributed by atoms with Crippen molar-refractivity contribution in [3.8, 4) is 5.75 Å². The monoisotopic (exact) mass is 396 g/mol. The molecule has 2 aromatic rings. The smallest absolute Gasteiger partial charge is 0.191 e. The van der Waals surface area contributed by atoms with E-state index >= 15 is 0 Å². The SMILES string of the molecule is COc1ccccc1NC(=S)NN=C(C)c1ccc(N2CCCCCC2)cc1. The Labute approximate surface area is 172 Å². The van der Waals surface area contributed by atoms with Gasteiger partial charge in [-0.15, -0.1) is 0 Å². The van der Waals surface area contributed by atoms with E-state index in [0.29, 0.717) is 5.11 Å². The molecule has 0 aromatic heterocycles. The Kier molecular flexibility index (Phi) is 7.25. The summed E-state index contributed by atoms with van der Waals surface area (Å²) >= 11 is 5.34. The van der Waals surface area contributed by atoms with Crippen LogP contribution in [-0.2, 0) is 0 Å². The van der Waals surface area contributed by atoms with Gasteiger partial charge in [0.05, 0.1) is 18.5 Å². The fourth-order valence-corrected chi connectivity index (χ4v) is 3.50. The van der Waals surface area contributed by atoms with Crippen molar-refractivity contribution >= 4 is 34.4 Å². The van der Waals surface area contributed by atoms with Crippen LogP contribution < -0.4 is 20.4 Å². The van der Waals surface area contributed by atoms with Gasteiger partial charge in [-0.2, -0.15) is 5.10 Å². The molecule has 0 amide bonds. The molecule has 28 heavy (non-hydrogen) atoms. The zero-order chi connectivity index (χ0) is 19.8. The van der Waals surface area contributed by atoms with E-state index in [0.717, 1.165) is 35.8 Å². The van der Waals surface area contributed by atoms with Gasteiger partial charge in [0.25, 0.3) is 0 Å². The molecule has 1 fully saturated rings. The standard InChI is InChI=1S/C22H28N4OS/c1-17(24-25-22(28)23-20-9-5-6-10-21(20)27-2)18-11-13-19(14-12-18)26-15-7-3-4-8-16-26/h5-6,9-14H,3-4,7-8,15-16H2,1-2H3,(H2,23,25,28). The number of ether oxygens (including phenoxy) is 1. The summed E-state index contributed by atoms with van der Waals surface area (Å²) in [6.45, 7) is 4.27. The van der Waals surface area contributed by atoms with E-state index in [1.54, 1.807) is 7.11 Å². The summed E-state index contributed by atoms with van der Waals surface area (Å²) < 4.78 is 5.32. The Morgan fingerprint density at radius 3 is 2.36 bits per heavy atom. The average Bonchev–Trinajstić information content (AvgIpc) is 3.02. The van der Waals surface area contributed by atoms with Crippen LogP contribution in [0.5, 0.6) is 5.75 Å². The fourth-order valence-electron chi connectivity index (χ4n) is 3.34. The van der Waals surface area contributed by atoms with E-state index in [9.17, 15) is 0 Å². The van der Waals surface area contributed by atoms with E-state index in [-0.39, 0.29) is 0 Å². The molecule has 6 heteroatoms. The van der Waals surface area contributed by atoms with Crippen LogP contribution in [0.1, 0.15) is 38.2 Å². The quantitative estimate of drug-likeness (QED) is 0.432. The van der Waals surface area contributed by atoms with Crippen molar-refractivity contribution < 1.29 is 4.74 Å². The highest BCUT2D eigenvalue weighted by Crippen LogP contribution is 2.23. The number of thiocarbonyl (C=S) groups is 1. The summed E-state index contributed by atoms with van der Waals surface area (Å²) in [5.74, 6) is 0.733. The lowest BCUT2D eigenvalue weighted by Gasteiger charge is -2.22. The molecular weight excluding hydrogens is 368 g/mol. The Morgan fingerprint density at radius 1 is 1.00 bits per heavy atom. The Morgan fingerprint density at radius 2 is 1.68 bits per heavy atom. The molecule has 0 atom stereocenters. The van der Waals surface area contributed by atoms with Gasteiger partial charge in [0.2, 0.25) is 0 Å². The van der Waals surface area contributed by atoms with E-state index < -0.39 is 0 Å². The number of rotatable bonds is 5. The number of anilines is 2. The van der Waals surface area contributed by atoms with E-state index in [1.165, 1.54) is 31.4 Å². The van der Waals surface area contributed by atoms with Gasteiger partial charge in [-0.3, -0.25) is 5.43 Å². The molecule has 148 valence electrons. The lowest BCUT2D eigenvalue weighted by molar-refractivity contribution is 0.417. The summed E-state index contributed by atoms with van der Waals surface area (Å²) in [4.78, 5) is 2.48. The van der Waals surface area contributed by atoms with Crippen LogP contribution in [-0.4, -0.2) is 31.0 Å². The molecule has 3 rings (SSSR count). The average molecular weight is 397 g/mol. The number of hydrogen-bond acceptors (Lipinski definition) is 4. The number of hydrogen-bond donors (Lipinski definition) is 2. The molecule has 0 unspecified atom stereocenters. The van der Waals surface area contributed by atoms with E-state index in [2.05, 4.69) is 45.0 Å². The molecule has 0 aliphatic carbocycles. The molecule has 5 nitrogen and oxygen atoms in total. The van der Waals surface area contributed by atoms with Crippen molar-refractivity contribution in [2.45, 2.75) is 32.6 Å². The summed E-state index contributed by atoms with van der Waals surface area (Å²) in [6.07, 6.45) is 5.25. The summed E-state index contributed by atoms with van der Waals surface area (Å²) in [5, 5.41) is 7.94. The van der Waals surface area contributed by atoms with E-state index in [4.69, 9.17) is 17.0 Å². The van der Waals surface area contributed by atoms with Crippen LogP contribution in [0.25, 0.3) is 0 Å². The van der Waals surface area contributed by atoms with Gasteiger partial charge in [0, 0.05) is 18.8 Å². The minimum absolute atomic E-state index is 0.421. The number of nitrogens with zero attached hydrogens (tertiary/aromatic N) is 2. The normalized spacial score (nSPS) is 14.9. The maximum Gasteiger partial charge on any atom is 0.191 e. The molecule has 0 spiro atoms. The molecule has 2 aromatic carbocycles. The zero-order valence-corrected chi connectivity index (χ0v) is 17.4. The van der Waals surface area contributed by atoms with Crippen molar-refractivity contribution in [1.82, 2.24) is 5.43 Å². The molecule has 0 saturated carbocycles. The van der Waals surface area contributed by atoms with Crippen LogP contribution in [0.3, 0.4) is 0 Å². The van der Waals surface area contributed by atoms with Gasteiger partial charge in [-0.1, -0.05) is 37.1 Å². The Hall–Kier alpha value is -2.60. The third-order valence-electron chi connectivity index (χ3n) is 4.94. The van der Waals surface area contributed by atoms with Gasteiger partial charge in [-0.05, 0) is 61.8 Å². The fraction of sp³-hybridized carbons (Fsp3) is 0.364. The number of benzene rings is 2. The molecule has 1 aliphatic heterocycles. The molecule has 0 radical (unpaired) electrons. The zero-order valence-electron chi connectivity index (χ0n) is 16.6. The van der Waals surface area contributed by atoms with Gasteiger partial charge < -0.3 is 15.0 Å². The van der Waals surface area contributed by atoms with Crippen molar-refractivity contribution in [2.24, 2.45) is 5.10 Å². The van der Waals surface area contributed by atoms with Crippen molar-refractivity contribution in [3.63, 3.8) is 0 Å². The van der Waals surface area contributed by atoms with Gasteiger partial charge in [-0.25, -0.2) is 0 Å². The molecule has 0 bridgehead atoms. The summed E-state index contributed by atoms with van der Waals surface area (Å²) in [7, 11) is 1.63. The van der Waals surface area contributed by atoms with E-state index in [1.807, 2.05) is 31.2 Å². The van der Waals surface area contributed by atoms with Gasteiger partial charge in [0.15, 0.2) is 5.11 Å². The first-order valence-electron chi connectivity index (χ1n) is 9.77. The maximum atomic E-state index is 5.34. The summed E-state index contributed by atoms with van der Waals surface area (Å²) in [6, 6.07) is 16.2. The second kappa shape index (κ2) is 10.1. The number of nitrogens with one attached hydrogen (secondary N) is 2. The Balaban J connectivity index is 1.59. The minimum atomic E-state index is 0.421. The van der Waals surface area contributed by atoms with Gasteiger partial charge >= 0.3 is 0 Å². The summed E-state index contributed by atoms with van der Waals surface area (Å²) in [5.41, 5.74) is 6.96. The number of para-hydroxylation sites is 2. The molecule has 1 aliphatic rings. The van der Waals surface area contributed by atoms with Crippen LogP contribution in [0.2, 0.25) is 0 Å². The third-order valence-corrected chi connectivity index (χ3v) is 5.13. The number of methoxy groups -OCH3 is 1. The van der Waals surface area contributed by atoms with Gasteiger partial charge in [0.1, 0.15) is 5.75 Å². The third kappa shape index (κ3) is 5.45. The van der Waals surface area contributed by atoms with Crippen LogP contribution in [0.15, 0.2) is 53.6 Å². The van der Waals surface area contributed by atoms with Crippen molar-refractivity contribution in [3.05, 3.63) is 54.1 Å². The van der Waals surface area contributed by atoms with Crippen LogP contribution >= 0.6 is 12.2 Å². The molecule has 1 saturated heterocycles. The van der Waals surface area contributed by atoms with Crippen LogP contribution in [0, 0.1) is 0 Å². The Bertz CT molecular complexity index is 812. The first-order valence-corrected chi connectivity index (χ1v) is 10.2. The second-order valence-corrected chi connectivity index (χ2v) is 7.32. The molecule has 1 heterocycles. The highest BCUT2D eigenvalue weighted by atomic mass is 32.1. The predicted molar refractivity (Wildman–Crippen MR) is 122 cm³/mol. The first kappa shape index (κ1) is 20.1. The van der Waals surface area contributed by atoms with Crippen LogP contribution in [0.4, 0.5) is 11.4 Å². The number of hydrazone groups is 1. The predicted octanol–water partition coefficient (Wildman–Crippen LogP) is 4.79. The first-order chi connectivity index (χ1) is 13.7. The minimum Gasteiger partial charge on any atom is -0.495 e. The lowest BCUT2D eigenvalue weighted by atomic mass is 10.1. The topological polar surface area (TPSA) is 48.9 Å². The second-order valence-electron chi connectivity index (χ2n) is 6.91. The largest absolute Gasteiger partial charge is 0.495 e. The highest BCUT2D eigenvalue weighted by molar-refractivity contribution is 7.80. The van der Waals surface area contributed by atoms with Crippen molar-refractivity contribution in [2.75, 3.05) is 30.4 Å². The molecular formula is C22H28N4OS. The van der Waals surface area contributed by atoms with Crippen molar-refractivity contribution in [1.29, 1.82) is 0 Å². The molecule has 2 N–H and O–H groups in total. The lowest BCUT2D eigenvalue weighted by Crippen LogP contribution is -2.25.